The molecule has 0 aromatic heterocycles. The van der Waals surface area contributed by atoms with E-state index in [1.807, 2.05) is 0 Å². The van der Waals surface area contributed by atoms with Crippen molar-refractivity contribution in [3.05, 3.63) is 29.8 Å². The van der Waals surface area contributed by atoms with Crippen molar-refractivity contribution in [2.24, 2.45) is 5.92 Å². The van der Waals surface area contributed by atoms with Crippen LogP contribution < -0.4 is 11.1 Å². The molecule has 0 spiro atoms. The van der Waals surface area contributed by atoms with Crippen LogP contribution in [0, 0.1) is 5.92 Å². The van der Waals surface area contributed by atoms with Gasteiger partial charge >= 0.3 is 0 Å². The summed E-state index contributed by atoms with van der Waals surface area (Å²) in [5.74, 6) is 0.758. The monoisotopic (exact) mass is 248 g/mol. The molecule has 3 heteroatoms. The minimum atomic E-state index is -0.0149. The molecule has 1 aromatic carbocycles. The lowest BCUT2D eigenvalue weighted by atomic mass is 10.1. The maximum atomic E-state index is 11.7. The van der Waals surface area contributed by atoms with Crippen LogP contribution in [0.5, 0.6) is 0 Å². The quantitative estimate of drug-likeness (QED) is 0.575. The summed E-state index contributed by atoms with van der Waals surface area (Å²) >= 11 is 0. The predicted molar refractivity (Wildman–Crippen MR) is 76.5 cm³/mol. The molecule has 0 aliphatic rings. The van der Waals surface area contributed by atoms with Crippen molar-refractivity contribution >= 4 is 11.6 Å². The summed E-state index contributed by atoms with van der Waals surface area (Å²) in [5, 5.41) is 2.93. The van der Waals surface area contributed by atoms with Gasteiger partial charge in [0.15, 0.2) is 0 Å². The Morgan fingerprint density at radius 1 is 1.17 bits per heavy atom. The van der Waals surface area contributed by atoms with Gasteiger partial charge in [-0.05, 0) is 36.6 Å². The minimum Gasteiger partial charge on any atom is -0.399 e. The number of hydrogen-bond acceptors (Lipinski definition) is 2. The highest BCUT2D eigenvalue weighted by Gasteiger charge is 2.03. The molecule has 0 radical (unpaired) electrons. The van der Waals surface area contributed by atoms with E-state index in [1.54, 1.807) is 24.3 Å². The molecule has 1 aromatic rings. The first-order valence-electron chi connectivity index (χ1n) is 6.73. The molecule has 0 fully saturated rings. The summed E-state index contributed by atoms with van der Waals surface area (Å²) < 4.78 is 0. The Morgan fingerprint density at radius 2 is 1.83 bits per heavy atom. The van der Waals surface area contributed by atoms with E-state index in [0.717, 1.165) is 18.9 Å². The molecule has 100 valence electrons. The predicted octanol–water partition coefficient (Wildman–Crippen LogP) is 3.22. The summed E-state index contributed by atoms with van der Waals surface area (Å²) in [6, 6.07) is 7.00. The molecule has 18 heavy (non-hydrogen) atoms. The Morgan fingerprint density at radius 3 is 2.44 bits per heavy atom. The van der Waals surface area contributed by atoms with Gasteiger partial charge in [-0.2, -0.15) is 0 Å². The number of anilines is 1. The van der Waals surface area contributed by atoms with Gasteiger partial charge in [-0.1, -0.05) is 33.1 Å². The number of nitrogens with two attached hydrogens (primary N) is 1. The number of carbonyl (C=O) groups is 1. The number of nitrogens with one attached hydrogen (secondary N) is 1. The second kappa shape index (κ2) is 7.75. The Labute approximate surface area is 110 Å². The van der Waals surface area contributed by atoms with Gasteiger partial charge in [-0.3, -0.25) is 4.79 Å². The third-order valence-electron chi connectivity index (χ3n) is 2.92. The van der Waals surface area contributed by atoms with Crippen LogP contribution in [0.2, 0.25) is 0 Å². The van der Waals surface area contributed by atoms with Gasteiger partial charge in [0.05, 0.1) is 0 Å². The van der Waals surface area contributed by atoms with Crippen molar-refractivity contribution in [1.82, 2.24) is 5.32 Å². The third kappa shape index (κ3) is 5.71. The van der Waals surface area contributed by atoms with E-state index in [1.165, 1.54) is 19.3 Å². The van der Waals surface area contributed by atoms with Crippen LogP contribution in [0.4, 0.5) is 5.69 Å². The standard InChI is InChI=1S/C15H24N2O/c1-12(2)6-4-3-5-11-17-15(18)13-7-9-14(16)10-8-13/h7-10,12H,3-6,11,16H2,1-2H3,(H,17,18). The van der Waals surface area contributed by atoms with Crippen LogP contribution in [0.15, 0.2) is 24.3 Å². The van der Waals surface area contributed by atoms with E-state index >= 15 is 0 Å². The zero-order valence-electron chi connectivity index (χ0n) is 11.4. The lowest BCUT2D eigenvalue weighted by molar-refractivity contribution is 0.0953. The van der Waals surface area contributed by atoms with Crippen LogP contribution in [0.1, 0.15) is 49.9 Å². The van der Waals surface area contributed by atoms with Crippen molar-refractivity contribution in [3.63, 3.8) is 0 Å². The lowest BCUT2D eigenvalue weighted by Gasteiger charge is -2.06. The maximum Gasteiger partial charge on any atom is 0.251 e. The smallest absolute Gasteiger partial charge is 0.251 e. The number of rotatable bonds is 7. The van der Waals surface area contributed by atoms with Gasteiger partial charge in [0.25, 0.3) is 5.91 Å². The van der Waals surface area contributed by atoms with Gasteiger partial charge in [-0.15, -0.1) is 0 Å². The molecule has 3 nitrogen and oxygen atoms in total. The van der Waals surface area contributed by atoms with E-state index in [4.69, 9.17) is 5.73 Å². The van der Waals surface area contributed by atoms with Crippen molar-refractivity contribution in [3.8, 4) is 0 Å². The molecule has 0 aliphatic heterocycles. The molecule has 0 saturated carbocycles. The highest BCUT2D eigenvalue weighted by molar-refractivity contribution is 5.94. The van der Waals surface area contributed by atoms with Crippen molar-refractivity contribution < 1.29 is 4.79 Å². The second-order valence-corrected chi connectivity index (χ2v) is 5.12. The van der Waals surface area contributed by atoms with E-state index in [-0.39, 0.29) is 5.91 Å². The van der Waals surface area contributed by atoms with Crippen molar-refractivity contribution in [2.45, 2.75) is 39.5 Å². The second-order valence-electron chi connectivity index (χ2n) is 5.12. The number of amides is 1. The Hall–Kier alpha value is -1.51. The van der Waals surface area contributed by atoms with Crippen LogP contribution in [0.3, 0.4) is 0 Å². The van der Waals surface area contributed by atoms with Gasteiger partial charge in [0.1, 0.15) is 0 Å². The molecule has 3 N–H and O–H groups in total. The van der Waals surface area contributed by atoms with E-state index < -0.39 is 0 Å². The number of nitrogen functional groups attached to an aromatic ring is 1. The molecule has 0 heterocycles. The van der Waals surface area contributed by atoms with Crippen molar-refractivity contribution in [2.75, 3.05) is 12.3 Å². The Kier molecular flexibility index (Phi) is 6.26. The Bertz CT molecular complexity index is 357. The van der Waals surface area contributed by atoms with E-state index in [9.17, 15) is 4.79 Å². The summed E-state index contributed by atoms with van der Waals surface area (Å²) in [7, 11) is 0. The first-order valence-corrected chi connectivity index (χ1v) is 6.73. The maximum absolute atomic E-state index is 11.7. The Balaban J connectivity index is 2.16. The minimum absolute atomic E-state index is 0.0149. The molecular formula is C15H24N2O. The number of unbranched alkanes of at least 4 members (excludes halogenated alkanes) is 2. The van der Waals surface area contributed by atoms with Crippen LogP contribution in [-0.4, -0.2) is 12.5 Å². The largest absolute Gasteiger partial charge is 0.399 e. The fraction of sp³-hybridized carbons (Fsp3) is 0.533. The fourth-order valence-electron chi connectivity index (χ4n) is 1.79. The molecule has 0 unspecified atom stereocenters. The SMILES string of the molecule is CC(C)CCCCCNC(=O)c1ccc(N)cc1. The zero-order valence-corrected chi connectivity index (χ0v) is 11.4. The van der Waals surface area contributed by atoms with Gasteiger partial charge in [0, 0.05) is 17.8 Å². The average molecular weight is 248 g/mol. The molecule has 0 saturated heterocycles. The van der Waals surface area contributed by atoms with Gasteiger partial charge in [0.2, 0.25) is 0 Å². The lowest BCUT2D eigenvalue weighted by Crippen LogP contribution is -2.24. The molecule has 0 bridgehead atoms. The highest BCUT2D eigenvalue weighted by Crippen LogP contribution is 2.08. The topological polar surface area (TPSA) is 55.1 Å². The van der Waals surface area contributed by atoms with Crippen LogP contribution in [0.25, 0.3) is 0 Å². The molecular weight excluding hydrogens is 224 g/mol. The normalized spacial score (nSPS) is 10.6. The molecule has 0 aliphatic carbocycles. The number of benzene rings is 1. The first-order chi connectivity index (χ1) is 8.59. The van der Waals surface area contributed by atoms with E-state index in [2.05, 4.69) is 19.2 Å². The summed E-state index contributed by atoms with van der Waals surface area (Å²) in [6.45, 7) is 5.23. The summed E-state index contributed by atoms with van der Waals surface area (Å²) in [4.78, 5) is 11.7. The zero-order chi connectivity index (χ0) is 13.4. The van der Waals surface area contributed by atoms with E-state index in [0.29, 0.717) is 11.3 Å². The highest BCUT2D eigenvalue weighted by atomic mass is 16.1. The van der Waals surface area contributed by atoms with Crippen molar-refractivity contribution in [1.29, 1.82) is 0 Å². The third-order valence-corrected chi connectivity index (χ3v) is 2.92. The average Bonchev–Trinajstić information content (AvgIpc) is 2.34. The molecule has 0 atom stereocenters. The fourth-order valence-corrected chi connectivity index (χ4v) is 1.79. The van der Waals surface area contributed by atoms with Gasteiger partial charge in [-0.25, -0.2) is 0 Å². The summed E-state index contributed by atoms with van der Waals surface area (Å²) in [6.07, 6.45) is 4.74. The molecule has 1 rings (SSSR count). The number of carbonyl (C=O) groups excluding carboxylic acids is 1. The van der Waals surface area contributed by atoms with Crippen LogP contribution >= 0.6 is 0 Å². The molecule has 1 amide bonds. The van der Waals surface area contributed by atoms with Gasteiger partial charge < -0.3 is 11.1 Å². The first kappa shape index (κ1) is 14.6. The van der Waals surface area contributed by atoms with Crippen LogP contribution in [-0.2, 0) is 0 Å². The summed E-state index contributed by atoms with van der Waals surface area (Å²) in [5.41, 5.74) is 6.93. The number of hydrogen-bond donors (Lipinski definition) is 2.